The largest absolute Gasteiger partial charge is 0.452 e. The minimum Gasteiger partial charge on any atom is -0.452 e. The summed E-state index contributed by atoms with van der Waals surface area (Å²) < 4.78 is 6.05. The maximum atomic E-state index is 12.0. The molecule has 7 heteroatoms. The summed E-state index contributed by atoms with van der Waals surface area (Å²) >= 11 is 1.48. The molecule has 3 rings (SSSR count). The first kappa shape index (κ1) is 20.5. The number of amides is 1. The number of rotatable bonds is 8. The Morgan fingerprint density at radius 3 is 2.52 bits per heavy atom. The molecular weight excluding hydrogens is 386 g/mol. The lowest BCUT2D eigenvalue weighted by atomic mass is 10.2. The van der Waals surface area contributed by atoms with Gasteiger partial charge >= 0.3 is 5.97 Å². The third-order valence-electron chi connectivity index (χ3n) is 4.30. The van der Waals surface area contributed by atoms with E-state index < -0.39 is 5.97 Å². The van der Waals surface area contributed by atoms with Crippen LogP contribution in [0.1, 0.15) is 18.9 Å². The minimum absolute atomic E-state index is 0.346. The number of carbonyl (C=O) groups excluding carboxylic acids is 2. The Kier molecular flexibility index (Phi) is 6.97. The fraction of sp³-hybridized carbons (Fsp3) is 0.227. The van der Waals surface area contributed by atoms with Crippen LogP contribution in [0.15, 0.2) is 54.6 Å². The van der Waals surface area contributed by atoms with Gasteiger partial charge in [-0.2, -0.15) is 0 Å². The van der Waals surface area contributed by atoms with Gasteiger partial charge in [-0.25, -0.2) is 9.78 Å². The van der Waals surface area contributed by atoms with E-state index in [0.717, 1.165) is 29.0 Å². The number of benzene rings is 2. The Labute approximate surface area is 173 Å². The van der Waals surface area contributed by atoms with E-state index in [4.69, 9.17) is 4.74 Å². The van der Waals surface area contributed by atoms with Crippen molar-refractivity contribution in [1.29, 1.82) is 0 Å². The highest BCUT2D eigenvalue weighted by atomic mass is 32.1. The van der Waals surface area contributed by atoms with E-state index >= 15 is 0 Å². The van der Waals surface area contributed by atoms with Crippen molar-refractivity contribution < 1.29 is 14.3 Å². The molecule has 1 aromatic heterocycles. The molecule has 0 saturated carbocycles. The molecule has 6 nitrogen and oxygen atoms in total. The summed E-state index contributed by atoms with van der Waals surface area (Å²) in [6, 6.07) is 15.3. The van der Waals surface area contributed by atoms with Crippen LogP contribution in [-0.2, 0) is 14.3 Å². The fourth-order valence-corrected chi connectivity index (χ4v) is 3.70. The zero-order valence-corrected chi connectivity index (χ0v) is 17.2. The lowest BCUT2D eigenvalue weighted by Crippen LogP contribution is -2.22. The molecule has 1 N–H and O–H groups in total. The molecule has 0 saturated heterocycles. The van der Waals surface area contributed by atoms with Crippen LogP contribution in [0, 0.1) is 0 Å². The van der Waals surface area contributed by atoms with Crippen LogP contribution < -0.4 is 10.2 Å². The molecule has 29 heavy (non-hydrogen) atoms. The molecule has 1 heterocycles. The number of carbonyl (C=O) groups is 2. The van der Waals surface area contributed by atoms with Crippen molar-refractivity contribution in [1.82, 2.24) is 4.98 Å². The molecule has 150 valence electrons. The Morgan fingerprint density at radius 2 is 1.83 bits per heavy atom. The van der Waals surface area contributed by atoms with Crippen molar-refractivity contribution >= 4 is 50.9 Å². The van der Waals surface area contributed by atoms with Crippen molar-refractivity contribution in [2.45, 2.75) is 13.8 Å². The highest BCUT2D eigenvalue weighted by Gasteiger charge is 2.07. The van der Waals surface area contributed by atoms with Gasteiger partial charge in [0.15, 0.2) is 6.61 Å². The first-order valence-electron chi connectivity index (χ1n) is 9.44. The van der Waals surface area contributed by atoms with Gasteiger partial charge in [0.25, 0.3) is 5.91 Å². The molecule has 0 fully saturated rings. The number of aromatic nitrogens is 1. The van der Waals surface area contributed by atoms with Crippen LogP contribution in [0.5, 0.6) is 0 Å². The molecule has 2 aromatic carbocycles. The second-order valence-corrected chi connectivity index (χ2v) is 7.29. The van der Waals surface area contributed by atoms with Crippen LogP contribution in [0.3, 0.4) is 0 Å². The summed E-state index contributed by atoms with van der Waals surface area (Å²) in [6.07, 6.45) is 2.88. The highest BCUT2D eigenvalue weighted by Crippen LogP contribution is 2.22. The van der Waals surface area contributed by atoms with E-state index in [2.05, 4.69) is 29.0 Å². The van der Waals surface area contributed by atoms with Crippen LogP contribution in [0.2, 0.25) is 0 Å². The molecule has 0 atom stereocenters. The summed E-state index contributed by atoms with van der Waals surface area (Å²) in [5.41, 5.74) is 2.64. The number of fused-ring (bicyclic) bond motifs is 1. The van der Waals surface area contributed by atoms with Crippen LogP contribution >= 0.6 is 11.3 Å². The van der Waals surface area contributed by atoms with Crippen LogP contribution in [-0.4, -0.2) is 36.6 Å². The van der Waals surface area contributed by atoms with Gasteiger partial charge in [-0.1, -0.05) is 12.1 Å². The van der Waals surface area contributed by atoms with Crippen molar-refractivity contribution in [3.63, 3.8) is 0 Å². The third-order valence-corrected chi connectivity index (χ3v) is 5.30. The number of hydrogen-bond acceptors (Lipinski definition) is 6. The molecule has 0 aliphatic heterocycles. The van der Waals surface area contributed by atoms with Crippen molar-refractivity contribution in [3.05, 3.63) is 59.6 Å². The maximum absolute atomic E-state index is 12.0. The van der Waals surface area contributed by atoms with E-state index in [0.29, 0.717) is 10.7 Å². The van der Waals surface area contributed by atoms with E-state index in [9.17, 15) is 9.59 Å². The van der Waals surface area contributed by atoms with E-state index in [1.807, 2.05) is 48.5 Å². The number of hydrogen-bond donors (Lipinski definition) is 1. The number of thiazole rings is 1. The smallest absolute Gasteiger partial charge is 0.331 e. The molecule has 0 aliphatic rings. The standard InChI is InChI=1S/C22H23N3O3S/c1-3-25(4-2)17-11-9-16(10-12-17)23-20(26)15-28-22(27)14-13-21-24-18-7-5-6-8-19(18)29-21/h5-14H,3-4,15H2,1-2H3,(H,23,26)/b14-13+. The zero-order chi connectivity index (χ0) is 20.6. The van der Waals surface area contributed by atoms with E-state index in [1.54, 1.807) is 6.08 Å². The monoisotopic (exact) mass is 409 g/mol. The Hall–Kier alpha value is -3.19. The molecule has 1 amide bonds. The van der Waals surface area contributed by atoms with Gasteiger partial charge in [-0.3, -0.25) is 4.79 Å². The van der Waals surface area contributed by atoms with Crippen LogP contribution in [0.25, 0.3) is 16.3 Å². The second kappa shape index (κ2) is 9.84. The van der Waals surface area contributed by atoms with Gasteiger partial charge in [0.05, 0.1) is 10.2 Å². The van der Waals surface area contributed by atoms with Gasteiger partial charge < -0.3 is 15.0 Å². The minimum atomic E-state index is -0.587. The number of para-hydroxylation sites is 1. The first-order chi connectivity index (χ1) is 14.1. The van der Waals surface area contributed by atoms with Gasteiger partial charge in [-0.15, -0.1) is 11.3 Å². The summed E-state index contributed by atoms with van der Waals surface area (Å²) in [4.78, 5) is 30.5. The molecule has 0 aliphatic carbocycles. The zero-order valence-electron chi connectivity index (χ0n) is 16.4. The fourth-order valence-electron chi connectivity index (χ4n) is 2.83. The summed E-state index contributed by atoms with van der Waals surface area (Å²) in [5, 5.41) is 3.43. The lowest BCUT2D eigenvalue weighted by Gasteiger charge is -2.21. The number of nitrogens with zero attached hydrogens (tertiary/aromatic N) is 2. The molecule has 0 unspecified atom stereocenters. The summed E-state index contributed by atoms with van der Waals surface area (Å²) in [7, 11) is 0. The predicted molar refractivity (Wildman–Crippen MR) is 118 cm³/mol. The molecule has 0 radical (unpaired) electrons. The average molecular weight is 410 g/mol. The SMILES string of the molecule is CCN(CC)c1ccc(NC(=O)COC(=O)/C=C/c2nc3ccccc3s2)cc1. The number of anilines is 2. The number of nitrogens with one attached hydrogen (secondary N) is 1. The third kappa shape index (κ3) is 5.65. The highest BCUT2D eigenvalue weighted by molar-refractivity contribution is 7.19. The lowest BCUT2D eigenvalue weighted by molar-refractivity contribution is -0.142. The first-order valence-corrected chi connectivity index (χ1v) is 10.3. The van der Waals surface area contributed by atoms with Crippen molar-refractivity contribution in [2.24, 2.45) is 0 Å². The normalized spacial score (nSPS) is 11.0. The molecular formula is C22H23N3O3S. The van der Waals surface area contributed by atoms with Crippen LogP contribution in [0.4, 0.5) is 11.4 Å². The predicted octanol–water partition coefficient (Wildman–Crippen LogP) is 4.34. The van der Waals surface area contributed by atoms with Gasteiger partial charge in [0.1, 0.15) is 5.01 Å². The Balaban J connectivity index is 1.47. The summed E-state index contributed by atoms with van der Waals surface area (Å²) in [5.74, 6) is -0.974. The average Bonchev–Trinajstić information content (AvgIpc) is 3.16. The van der Waals surface area contributed by atoms with E-state index in [1.165, 1.54) is 17.4 Å². The van der Waals surface area contributed by atoms with Gasteiger partial charge in [0.2, 0.25) is 0 Å². The summed E-state index contributed by atoms with van der Waals surface area (Å²) in [6.45, 7) is 5.68. The molecule has 0 bridgehead atoms. The number of esters is 1. The maximum Gasteiger partial charge on any atom is 0.331 e. The molecule has 0 spiro atoms. The Bertz CT molecular complexity index is 975. The second-order valence-electron chi connectivity index (χ2n) is 6.23. The topological polar surface area (TPSA) is 71.5 Å². The van der Waals surface area contributed by atoms with Crippen molar-refractivity contribution in [3.8, 4) is 0 Å². The van der Waals surface area contributed by atoms with Gasteiger partial charge in [0, 0.05) is 30.5 Å². The molecule has 3 aromatic rings. The number of ether oxygens (including phenoxy) is 1. The van der Waals surface area contributed by atoms with Crippen molar-refractivity contribution in [2.75, 3.05) is 29.9 Å². The van der Waals surface area contributed by atoms with E-state index in [-0.39, 0.29) is 12.5 Å². The Morgan fingerprint density at radius 1 is 1.10 bits per heavy atom. The van der Waals surface area contributed by atoms with Gasteiger partial charge in [-0.05, 0) is 56.3 Å². The quantitative estimate of drug-likeness (QED) is 0.443.